The molecular formula is C20H25N5OS. The number of nitrogens with zero attached hydrogens (tertiary/aromatic N) is 3. The Balaban J connectivity index is 1.63. The Kier molecular flexibility index (Phi) is 5.31. The number of hydrogen-bond acceptors (Lipinski definition) is 5. The van der Waals surface area contributed by atoms with Gasteiger partial charge in [0.1, 0.15) is 5.82 Å². The van der Waals surface area contributed by atoms with Crippen molar-refractivity contribution in [3.8, 4) is 11.1 Å². The molecule has 0 saturated heterocycles. The van der Waals surface area contributed by atoms with Crippen LogP contribution >= 0.6 is 11.9 Å². The lowest BCUT2D eigenvalue weighted by molar-refractivity contribution is 0.253. The molecule has 2 aromatic rings. The number of aromatic nitrogens is 2. The number of carbonyl (C=O) groups excluding carboxylic acids is 1. The van der Waals surface area contributed by atoms with Gasteiger partial charge in [0, 0.05) is 48.1 Å². The molecule has 2 amide bonds. The van der Waals surface area contributed by atoms with Gasteiger partial charge in [0.15, 0.2) is 0 Å². The summed E-state index contributed by atoms with van der Waals surface area (Å²) in [6, 6.07) is 4.25. The van der Waals surface area contributed by atoms with Crippen molar-refractivity contribution in [3.63, 3.8) is 0 Å². The van der Waals surface area contributed by atoms with Crippen molar-refractivity contribution in [3.05, 3.63) is 41.9 Å². The van der Waals surface area contributed by atoms with Crippen LogP contribution in [0.3, 0.4) is 0 Å². The fourth-order valence-corrected chi connectivity index (χ4v) is 4.34. The van der Waals surface area contributed by atoms with E-state index in [1.54, 1.807) is 16.8 Å². The molecule has 2 aromatic heterocycles. The summed E-state index contributed by atoms with van der Waals surface area (Å²) >= 11 is 1.76. The van der Waals surface area contributed by atoms with E-state index in [-0.39, 0.29) is 0 Å². The molecule has 1 aliphatic carbocycles. The highest BCUT2D eigenvalue weighted by atomic mass is 32.2. The Morgan fingerprint density at radius 3 is 2.89 bits per heavy atom. The van der Waals surface area contributed by atoms with Crippen molar-refractivity contribution in [1.82, 2.24) is 14.7 Å². The smallest absolute Gasteiger partial charge is 0.320 e. The van der Waals surface area contributed by atoms with E-state index in [1.807, 2.05) is 18.6 Å². The first-order valence-electron chi connectivity index (χ1n) is 9.56. The van der Waals surface area contributed by atoms with Crippen molar-refractivity contribution in [2.75, 3.05) is 17.2 Å². The van der Waals surface area contributed by atoms with Gasteiger partial charge >= 0.3 is 6.03 Å². The Labute approximate surface area is 164 Å². The largest absolute Gasteiger partial charge is 0.351 e. The Bertz CT molecular complexity index is 839. The minimum Gasteiger partial charge on any atom is -0.351 e. The van der Waals surface area contributed by atoms with Crippen LogP contribution in [0.2, 0.25) is 0 Å². The molecule has 1 fully saturated rings. The zero-order valence-electron chi connectivity index (χ0n) is 15.5. The second-order valence-corrected chi connectivity index (χ2v) is 8.27. The molecule has 0 aromatic carbocycles. The van der Waals surface area contributed by atoms with Crippen LogP contribution in [-0.4, -0.2) is 28.3 Å². The Morgan fingerprint density at radius 1 is 1.33 bits per heavy atom. The molecule has 0 bridgehead atoms. The number of nitrogens with one attached hydrogen (secondary N) is 1. The lowest BCUT2D eigenvalue weighted by Gasteiger charge is -2.27. The average molecular weight is 384 g/mol. The van der Waals surface area contributed by atoms with Gasteiger partial charge in [-0.1, -0.05) is 18.9 Å². The van der Waals surface area contributed by atoms with Gasteiger partial charge < -0.3 is 5.73 Å². The topological polar surface area (TPSA) is 84.1 Å². The van der Waals surface area contributed by atoms with E-state index in [9.17, 15) is 4.79 Å². The number of amides is 2. The lowest BCUT2D eigenvalue weighted by Crippen LogP contribution is -2.40. The summed E-state index contributed by atoms with van der Waals surface area (Å²) in [7, 11) is 0. The zero-order valence-corrected chi connectivity index (χ0v) is 16.3. The monoisotopic (exact) mass is 383 g/mol. The average Bonchev–Trinajstić information content (AvgIpc) is 3.52. The van der Waals surface area contributed by atoms with Gasteiger partial charge in [0.25, 0.3) is 0 Å². The van der Waals surface area contributed by atoms with E-state index in [2.05, 4.69) is 33.7 Å². The third-order valence-electron chi connectivity index (χ3n) is 5.19. The van der Waals surface area contributed by atoms with Gasteiger partial charge in [-0.05, 0) is 54.9 Å². The summed E-state index contributed by atoms with van der Waals surface area (Å²) in [4.78, 5) is 22.2. The molecule has 1 saturated carbocycles. The normalized spacial score (nSPS) is 17.4. The predicted molar refractivity (Wildman–Crippen MR) is 109 cm³/mol. The molecule has 1 unspecified atom stereocenters. The van der Waals surface area contributed by atoms with Crippen molar-refractivity contribution < 1.29 is 4.79 Å². The molecule has 3 heterocycles. The summed E-state index contributed by atoms with van der Waals surface area (Å²) in [5, 5.41) is 0. The molecular weight excluding hydrogens is 358 g/mol. The quantitative estimate of drug-likeness (QED) is 0.743. The molecule has 27 heavy (non-hydrogen) atoms. The molecule has 0 radical (unpaired) electrons. The molecule has 1 atom stereocenters. The summed E-state index contributed by atoms with van der Waals surface area (Å²) in [5.41, 5.74) is 9.88. The van der Waals surface area contributed by atoms with Gasteiger partial charge in [-0.2, -0.15) is 0 Å². The molecule has 142 valence electrons. The number of hydrogen-bond donors (Lipinski definition) is 2. The van der Waals surface area contributed by atoms with Crippen LogP contribution in [0.15, 0.2) is 30.7 Å². The molecule has 2 aliphatic rings. The number of pyridine rings is 2. The van der Waals surface area contributed by atoms with Gasteiger partial charge in [-0.25, -0.2) is 9.78 Å². The van der Waals surface area contributed by atoms with E-state index in [1.165, 1.54) is 18.4 Å². The fraction of sp³-hybridized carbons (Fsp3) is 0.450. The van der Waals surface area contributed by atoms with Crippen LogP contribution in [0.4, 0.5) is 10.6 Å². The standard InChI is InChI=1S/C20H25N5OS/c1-2-27-24-18(13-5-6-13)17-9-15(10-22-11-17)16-8-14-4-3-7-25(20(21)26)19(14)23-12-16/h8-13,18,24H,2-7H2,1H3,(H2,21,26). The summed E-state index contributed by atoms with van der Waals surface area (Å²) in [6.07, 6.45) is 10.0. The van der Waals surface area contributed by atoms with Crippen molar-refractivity contribution in [2.45, 2.75) is 38.6 Å². The van der Waals surface area contributed by atoms with Crippen LogP contribution < -0.4 is 15.4 Å². The first kappa shape index (κ1) is 18.3. The van der Waals surface area contributed by atoms with Crippen LogP contribution in [0.25, 0.3) is 11.1 Å². The van der Waals surface area contributed by atoms with Gasteiger partial charge in [-0.15, -0.1) is 0 Å². The van der Waals surface area contributed by atoms with E-state index in [0.29, 0.717) is 24.3 Å². The first-order valence-corrected chi connectivity index (χ1v) is 10.5. The SMILES string of the molecule is CCSNC(c1cncc(-c2cnc3c(c2)CCCN3C(N)=O)c1)C1CC1. The highest BCUT2D eigenvalue weighted by Crippen LogP contribution is 2.42. The maximum atomic E-state index is 11.6. The zero-order chi connectivity index (χ0) is 18.8. The van der Waals surface area contributed by atoms with E-state index in [0.717, 1.165) is 35.3 Å². The molecule has 1 aliphatic heterocycles. The molecule has 4 rings (SSSR count). The highest BCUT2D eigenvalue weighted by molar-refractivity contribution is 7.97. The van der Waals surface area contributed by atoms with Gasteiger partial charge in [0.05, 0.1) is 0 Å². The Hall–Kier alpha value is -2.12. The lowest BCUT2D eigenvalue weighted by atomic mass is 9.98. The fourth-order valence-electron chi connectivity index (χ4n) is 3.66. The van der Waals surface area contributed by atoms with Crippen LogP contribution in [0.1, 0.15) is 43.4 Å². The number of aryl methyl sites for hydroxylation is 1. The molecule has 0 spiro atoms. The minimum atomic E-state index is -0.438. The predicted octanol–water partition coefficient (Wildman–Crippen LogP) is 3.68. The van der Waals surface area contributed by atoms with Crippen LogP contribution in [-0.2, 0) is 6.42 Å². The van der Waals surface area contributed by atoms with Crippen LogP contribution in [0, 0.1) is 5.92 Å². The second kappa shape index (κ2) is 7.86. The number of nitrogens with two attached hydrogens (primary N) is 1. The minimum absolute atomic E-state index is 0.346. The van der Waals surface area contributed by atoms with E-state index >= 15 is 0 Å². The molecule has 6 nitrogen and oxygen atoms in total. The number of anilines is 1. The van der Waals surface area contributed by atoms with Crippen molar-refractivity contribution >= 4 is 23.8 Å². The maximum Gasteiger partial charge on any atom is 0.320 e. The highest BCUT2D eigenvalue weighted by Gasteiger charge is 2.32. The summed E-state index contributed by atoms with van der Waals surface area (Å²) in [5.74, 6) is 2.44. The second-order valence-electron chi connectivity index (χ2n) is 7.17. The third kappa shape index (κ3) is 3.94. The third-order valence-corrected chi connectivity index (χ3v) is 5.90. The maximum absolute atomic E-state index is 11.6. The number of fused-ring (bicyclic) bond motifs is 1. The Morgan fingerprint density at radius 2 is 2.15 bits per heavy atom. The van der Waals surface area contributed by atoms with Crippen LogP contribution in [0.5, 0.6) is 0 Å². The molecule has 3 N–H and O–H groups in total. The first-order chi connectivity index (χ1) is 13.2. The summed E-state index contributed by atoms with van der Waals surface area (Å²) < 4.78 is 3.60. The number of primary amides is 1. The van der Waals surface area contributed by atoms with E-state index in [4.69, 9.17) is 5.73 Å². The van der Waals surface area contributed by atoms with Gasteiger partial charge in [-0.3, -0.25) is 14.6 Å². The number of rotatable bonds is 6. The van der Waals surface area contributed by atoms with E-state index < -0.39 is 6.03 Å². The van der Waals surface area contributed by atoms with Crippen molar-refractivity contribution in [2.24, 2.45) is 11.7 Å². The summed E-state index contributed by atoms with van der Waals surface area (Å²) in [6.45, 7) is 2.79. The van der Waals surface area contributed by atoms with Gasteiger partial charge in [0.2, 0.25) is 0 Å². The number of carbonyl (C=O) groups is 1. The van der Waals surface area contributed by atoms with Crippen molar-refractivity contribution in [1.29, 1.82) is 0 Å². The number of urea groups is 1. The molecule has 7 heteroatoms.